The van der Waals surface area contributed by atoms with Gasteiger partial charge in [0.1, 0.15) is 5.41 Å². The Morgan fingerprint density at radius 2 is 2.33 bits per heavy atom. The number of aliphatic carboxylic acids is 1. The highest BCUT2D eigenvalue weighted by atomic mass is 16.4. The van der Waals surface area contributed by atoms with Crippen molar-refractivity contribution in [1.29, 1.82) is 0 Å². The van der Waals surface area contributed by atoms with Gasteiger partial charge in [-0.1, -0.05) is 0 Å². The van der Waals surface area contributed by atoms with Crippen LogP contribution in [0.25, 0.3) is 0 Å². The molecule has 1 aliphatic carbocycles. The molecule has 0 atom stereocenters. The summed E-state index contributed by atoms with van der Waals surface area (Å²) in [6.45, 7) is 1.93. The third kappa shape index (κ3) is 1.51. The van der Waals surface area contributed by atoms with Crippen LogP contribution >= 0.6 is 0 Å². The lowest BCUT2D eigenvalue weighted by Gasteiger charge is -2.42. The predicted octanol–water partition coefficient (Wildman–Crippen LogP) is 0.834. The van der Waals surface area contributed by atoms with Crippen LogP contribution in [0.5, 0.6) is 0 Å². The second kappa shape index (κ2) is 3.31. The van der Waals surface area contributed by atoms with Crippen LogP contribution < -0.4 is 5.73 Å². The molecule has 4 heteroatoms. The fraction of sp³-hybridized carbons (Fsp3) is 0.455. The molecule has 1 aromatic heterocycles. The number of nitrogens with zero attached hydrogens (tertiary/aromatic N) is 1. The second-order valence-corrected chi connectivity index (χ2v) is 4.27. The first kappa shape index (κ1) is 10.1. The number of carboxylic acids is 1. The highest BCUT2D eigenvalue weighted by Gasteiger charge is 2.51. The van der Waals surface area contributed by atoms with Crippen LogP contribution in [0.2, 0.25) is 0 Å². The second-order valence-electron chi connectivity index (χ2n) is 4.27. The van der Waals surface area contributed by atoms with E-state index in [4.69, 9.17) is 5.73 Å². The van der Waals surface area contributed by atoms with Gasteiger partial charge in [0, 0.05) is 12.2 Å². The average molecular weight is 206 g/mol. The predicted molar refractivity (Wildman–Crippen MR) is 55.5 cm³/mol. The summed E-state index contributed by atoms with van der Waals surface area (Å²) < 4.78 is 0. The van der Waals surface area contributed by atoms with Crippen LogP contribution in [0.3, 0.4) is 0 Å². The maximum Gasteiger partial charge on any atom is 0.315 e. The van der Waals surface area contributed by atoms with Crippen molar-refractivity contribution in [2.45, 2.75) is 31.2 Å². The summed E-state index contributed by atoms with van der Waals surface area (Å²) in [6.07, 6.45) is 2.62. The van der Waals surface area contributed by atoms with Crippen molar-refractivity contribution in [2.75, 3.05) is 0 Å². The van der Waals surface area contributed by atoms with Gasteiger partial charge < -0.3 is 10.8 Å². The normalized spacial score (nSPS) is 29.6. The van der Waals surface area contributed by atoms with Gasteiger partial charge in [-0.25, -0.2) is 0 Å². The fourth-order valence-corrected chi connectivity index (χ4v) is 2.13. The molecule has 1 saturated carbocycles. The molecular weight excluding hydrogens is 192 g/mol. The van der Waals surface area contributed by atoms with Gasteiger partial charge in [-0.05, 0) is 37.5 Å². The number of carbonyl (C=O) groups is 1. The molecule has 4 nitrogen and oxygen atoms in total. The molecule has 0 aromatic carbocycles. The summed E-state index contributed by atoms with van der Waals surface area (Å²) >= 11 is 0. The summed E-state index contributed by atoms with van der Waals surface area (Å²) in [5.41, 5.74) is 6.50. The monoisotopic (exact) mass is 206 g/mol. The van der Waals surface area contributed by atoms with Crippen molar-refractivity contribution < 1.29 is 9.90 Å². The van der Waals surface area contributed by atoms with Crippen LogP contribution in [0, 0.1) is 6.92 Å². The number of aryl methyl sites for hydroxylation is 1. The minimum atomic E-state index is -0.842. The number of rotatable bonds is 2. The molecule has 0 aliphatic heterocycles. The average Bonchev–Trinajstić information content (AvgIpc) is 2.12. The molecule has 1 heterocycles. The van der Waals surface area contributed by atoms with Gasteiger partial charge in [0.25, 0.3) is 0 Å². The molecule has 1 fully saturated rings. The molecule has 1 aromatic rings. The topological polar surface area (TPSA) is 76.2 Å². The zero-order valence-corrected chi connectivity index (χ0v) is 8.60. The fourth-order valence-electron chi connectivity index (χ4n) is 2.13. The summed E-state index contributed by atoms with van der Waals surface area (Å²) in [7, 11) is 0. The van der Waals surface area contributed by atoms with Crippen molar-refractivity contribution in [3.63, 3.8) is 0 Å². The van der Waals surface area contributed by atoms with E-state index in [0.29, 0.717) is 18.5 Å². The zero-order valence-electron chi connectivity index (χ0n) is 8.60. The maximum atomic E-state index is 11.3. The molecule has 0 spiro atoms. The van der Waals surface area contributed by atoms with Gasteiger partial charge in [-0.15, -0.1) is 0 Å². The number of hydrogen-bond acceptors (Lipinski definition) is 3. The largest absolute Gasteiger partial charge is 0.481 e. The van der Waals surface area contributed by atoms with Gasteiger partial charge in [0.2, 0.25) is 0 Å². The molecule has 0 amide bonds. The van der Waals surface area contributed by atoms with Gasteiger partial charge >= 0.3 is 5.97 Å². The molecule has 3 N–H and O–H groups in total. The van der Waals surface area contributed by atoms with Crippen LogP contribution in [-0.4, -0.2) is 22.1 Å². The van der Waals surface area contributed by atoms with Gasteiger partial charge in [0.05, 0.1) is 5.69 Å². The lowest BCUT2D eigenvalue weighted by Crippen LogP contribution is -2.54. The Bertz CT molecular complexity index is 397. The Morgan fingerprint density at radius 3 is 2.80 bits per heavy atom. The third-order valence-corrected chi connectivity index (χ3v) is 3.04. The van der Waals surface area contributed by atoms with E-state index in [0.717, 1.165) is 5.56 Å². The van der Waals surface area contributed by atoms with Gasteiger partial charge in [-0.2, -0.15) is 0 Å². The van der Waals surface area contributed by atoms with E-state index in [9.17, 15) is 9.90 Å². The number of pyridine rings is 1. The first-order chi connectivity index (χ1) is 7.04. The highest BCUT2D eigenvalue weighted by Crippen LogP contribution is 2.42. The van der Waals surface area contributed by atoms with Crippen LogP contribution in [0.1, 0.15) is 24.1 Å². The summed E-state index contributed by atoms with van der Waals surface area (Å²) in [5.74, 6) is -0.817. The Labute approximate surface area is 88.1 Å². The van der Waals surface area contributed by atoms with E-state index in [1.165, 1.54) is 0 Å². The molecule has 0 unspecified atom stereocenters. The SMILES string of the molecule is Cc1ccnc(C2(C(=O)O)CC(N)C2)c1. The van der Waals surface area contributed by atoms with E-state index in [1.807, 2.05) is 19.1 Å². The summed E-state index contributed by atoms with van der Waals surface area (Å²) in [5, 5.41) is 9.25. The zero-order chi connectivity index (χ0) is 11.1. The molecule has 0 radical (unpaired) electrons. The van der Waals surface area contributed by atoms with E-state index >= 15 is 0 Å². The summed E-state index contributed by atoms with van der Waals surface area (Å²) in [6, 6.07) is 3.68. The number of nitrogens with two attached hydrogens (primary N) is 1. The Hall–Kier alpha value is -1.42. The number of carboxylic acid groups (broad SMARTS) is 1. The minimum Gasteiger partial charge on any atom is -0.481 e. The Kier molecular flexibility index (Phi) is 2.23. The molecular formula is C11H14N2O2. The van der Waals surface area contributed by atoms with Crippen molar-refractivity contribution in [3.8, 4) is 0 Å². The van der Waals surface area contributed by atoms with E-state index in [2.05, 4.69) is 4.98 Å². The van der Waals surface area contributed by atoms with E-state index in [1.54, 1.807) is 6.20 Å². The number of aromatic nitrogens is 1. The lowest BCUT2D eigenvalue weighted by atomic mass is 9.63. The van der Waals surface area contributed by atoms with Gasteiger partial charge in [0.15, 0.2) is 0 Å². The molecule has 1 aliphatic rings. The van der Waals surface area contributed by atoms with Crippen molar-refractivity contribution in [3.05, 3.63) is 29.6 Å². The lowest BCUT2D eigenvalue weighted by molar-refractivity contribution is -0.148. The standard InChI is InChI=1S/C11H14N2O2/c1-7-2-3-13-9(4-7)11(10(14)15)5-8(12)6-11/h2-4,8H,5-6,12H2,1H3,(H,14,15). The number of hydrogen-bond donors (Lipinski definition) is 2. The molecule has 0 saturated heterocycles. The Morgan fingerprint density at radius 1 is 1.67 bits per heavy atom. The molecule has 2 rings (SSSR count). The van der Waals surface area contributed by atoms with Gasteiger partial charge in [-0.3, -0.25) is 9.78 Å². The maximum absolute atomic E-state index is 11.3. The molecule has 0 bridgehead atoms. The van der Waals surface area contributed by atoms with E-state index < -0.39 is 11.4 Å². The van der Waals surface area contributed by atoms with Crippen LogP contribution in [0.4, 0.5) is 0 Å². The minimum absolute atomic E-state index is 0.0107. The quantitative estimate of drug-likeness (QED) is 0.751. The third-order valence-electron chi connectivity index (χ3n) is 3.04. The van der Waals surface area contributed by atoms with Crippen molar-refractivity contribution >= 4 is 5.97 Å². The smallest absolute Gasteiger partial charge is 0.315 e. The van der Waals surface area contributed by atoms with E-state index in [-0.39, 0.29) is 6.04 Å². The first-order valence-electron chi connectivity index (χ1n) is 4.97. The molecule has 80 valence electrons. The van der Waals surface area contributed by atoms with Crippen LogP contribution in [-0.2, 0) is 10.2 Å². The van der Waals surface area contributed by atoms with Crippen molar-refractivity contribution in [2.24, 2.45) is 5.73 Å². The molecule has 15 heavy (non-hydrogen) atoms. The summed E-state index contributed by atoms with van der Waals surface area (Å²) in [4.78, 5) is 15.4. The first-order valence-corrected chi connectivity index (χ1v) is 4.97. The van der Waals surface area contributed by atoms with Crippen molar-refractivity contribution in [1.82, 2.24) is 4.98 Å². The Balaban J connectivity index is 2.39. The van der Waals surface area contributed by atoms with Crippen LogP contribution in [0.15, 0.2) is 18.3 Å². The highest BCUT2D eigenvalue weighted by molar-refractivity contribution is 5.82.